The summed E-state index contributed by atoms with van der Waals surface area (Å²) in [6.07, 6.45) is 1.70. The first-order valence-corrected chi connectivity index (χ1v) is 8.32. The van der Waals surface area contributed by atoms with E-state index in [-0.39, 0.29) is 18.2 Å². The van der Waals surface area contributed by atoms with Gasteiger partial charge in [0.15, 0.2) is 0 Å². The number of hydrogen-bond acceptors (Lipinski definition) is 4. The molecule has 0 bridgehead atoms. The molecule has 0 saturated carbocycles. The van der Waals surface area contributed by atoms with E-state index in [1.165, 1.54) is 11.8 Å². The first-order chi connectivity index (χ1) is 11.0. The number of thioether (sulfide) groups is 1. The molecule has 1 N–H and O–H groups in total. The number of rotatable bonds is 4. The number of nitrogens with zero attached hydrogens (tertiary/aromatic N) is 1. The Hall–Kier alpha value is -1.92. The fraction of sp³-hybridized carbons (Fsp3) is 0.250. The van der Waals surface area contributed by atoms with E-state index in [0.717, 1.165) is 4.90 Å². The van der Waals surface area contributed by atoms with Crippen molar-refractivity contribution in [1.82, 2.24) is 4.90 Å². The van der Waals surface area contributed by atoms with Crippen LogP contribution in [0.5, 0.6) is 0 Å². The number of hydrogen-bond donors (Lipinski definition) is 1. The average molecular weight is 351 g/mol. The van der Waals surface area contributed by atoms with Crippen molar-refractivity contribution in [2.75, 3.05) is 12.4 Å². The number of furan rings is 1. The Kier molecular flexibility index (Phi) is 4.63. The lowest BCUT2D eigenvalue weighted by atomic mass is 10.2. The Balaban J connectivity index is 1.64. The molecule has 5 nitrogen and oxygen atoms in total. The Labute approximate surface area is 143 Å². The van der Waals surface area contributed by atoms with Gasteiger partial charge in [-0.1, -0.05) is 11.6 Å². The minimum atomic E-state index is -0.449. The van der Waals surface area contributed by atoms with Gasteiger partial charge in [-0.3, -0.25) is 9.59 Å². The first-order valence-electron chi connectivity index (χ1n) is 7.06. The molecule has 0 radical (unpaired) electrons. The van der Waals surface area contributed by atoms with Crippen molar-refractivity contribution >= 4 is 40.9 Å². The zero-order valence-corrected chi connectivity index (χ0v) is 14.0. The van der Waals surface area contributed by atoms with Crippen molar-refractivity contribution in [2.45, 2.75) is 23.1 Å². The molecule has 0 unspecified atom stereocenters. The molecule has 23 heavy (non-hydrogen) atoms. The van der Waals surface area contributed by atoms with Crippen LogP contribution in [-0.2, 0) is 16.1 Å². The van der Waals surface area contributed by atoms with Gasteiger partial charge < -0.3 is 14.6 Å². The summed E-state index contributed by atoms with van der Waals surface area (Å²) in [6, 6.07) is 8.92. The molecule has 2 aromatic rings. The molecule has 1 aliphatic heterocycles. The summed E-state index contributed by atoms with van der Waals surface area (Å²) in [4.78, 5) is 27.0. The highest BCUT2D eigenvalue weighted by atomic mass is 35.5. The van der Waals surface area contributed by atoms with E-state index in [1.54, 1.807) is 36.4 Å². The Morgan fingerprint density at radius 1 is 1.43 bits per heavy atom. The summed E-state index contributed by atoms with van der Waals surface area (Å²) in [5, 5.41) is 2.93. The monoisotopic (exact) mass is 350 g/mol. The average Bonchev–Trinajstić information content (AvgIpc) is 3.01. The fourth-order valence-corrected chi connectivity index (χ4v) is 3.55. The van der Waals surface area contributed by atoms with Gasteiger partial charge >= 0.3 is 0 Å². The summed E-state index contributed by atoms with van der Waals surface area (Å²) >= 11 is 7.31. The van der Waals surface area contributed by atoms with Gasteiger partial charge in [-0.15, -0.1) is 11.8 Å². The summed E-state index contributed by atoms with van der Waals surface area (Å²) in [5.74, 6) is 0.428. The number of nitrogens with one attached hydrogen (secondary N) is 1. The number of anilines is 1. The lowest BCUT2D eigenvalue weighted by Crippen LogP contribution is -2.35. The Morgan fingerprint density at radius 2 is 2.26 bits per heavy atom. The Bertz CT molecular complexity index is 733. The van der Waals surface area contributed by atoms with E-state index in [2.05, 4.69) is 5.32 Å². The maximum absolute atomic E-state index is 12.3. The van der Waals surface area contributed by atoms with Gasteiger partial charge in [-0.2, -0.15) is 0 Å². The van der Waals surface area contributed by atoms with E-state index in [0.29, 0.717) is 23.0 Å². The van der Waals surface area contributed by atoms with Crippen molar-refractivity contribution in [2.24, 2.45) is 0 Å². The molecule has 0 spiro atoms. The molecule has 3 rings (SSSR count). The van der Waals surface area contributed by atoms with E-state index in [1.807, 2.05) is 12.1 Å². The summed E-state index contributed by atoms with van der Waals surface area (Å²) in [6.45, 7) is 0.386. The lowest BCUT2D eigenvalue weighted by Gasteiger charge is -2.25. The van der Waals surface area contributed by atoms with Crippen molar-refractivity contribution in [3.8, 4) is 0 Å². The first kappa shape index (κ1) is 16.0. The second-order valence-electron chi connectivity index (χ2n) is 5.27. The summed E-state index contributed by atoms with van der Waals surface area (Å²) in [7, 11) is 1.70. The standard InChI is InChI=1S/C16H15ClN2O3S/c1-19(9-11-3-2-6-22-11)15(20)8-14-16(21)18-12-7-10(17)4-5-13(12)23-14/h2-7,14H,8-9H2,1H3,(H,18,21)/t14-/m0/s1. The topological polar surface area (TPSA) is 62.6 Å². The Morgan fingerprint density at radius 3 is 3.00 bits per heavy atom. The minimum absolute atomic E-state index is 0.105. The van der Waals surface area contributed by atoms with Gasteiger partial charge in [0.05, 0.1) is 23.7 Å². The molecule has 120 valence electrons. The van der Waals surface area contributed by atoms with Gasteiger partial charge in [-0.05, 0) is 30.3 Å². The maximum atomic E-state index is 12.3. The van der Waals surface area contributed by atoms with Gasteiger partial charge in [0, 0.05) is 23.4 Å². The van der Waals surface area contributed by atoms with Crippen molar-refractivity contribution in [1.29, 1.82) is 0 Å². The second-order valence-corrected chi connectivity index (χ2v) is 6.95. The van der Waals surface area contributed by atoms with Crippen molar-refractivity contribution < 1.29 is 14.0 Å². The van der Waals surface area contributed by atoms with Crippen LogP contribution in [0.25, 0.3) is 0 Å². The van der Waals surface area contributed by atoms with Gasteiger partial charge in [0.25, 0.3) is 0 Å². The SMILES string of the molecule is CN(Cc1ccco1)C(=O)C[C@@H]1Sc2ccc(Cl)cc2NC1=O. The molecule has 1 aliphatic rings. The van der Waals surface area contributed by atoms with E-state index >= 15 is 0 Å². The van der Waals surface area contributed by atoms with Crippen LogP contribution in [0.4, 0.5) is 5.69 Å². The third kappa shape index (κ3) is 3.71. The van der Waals surface area contributed by atoms with Crippen LogP contribution in [-0.4, -0.2) is 29.0 Å². The highest BCUT2D eigenvalue weighted by molar-refractivity contribution is 8.01. The molecule has 1 aromatic carbocycles. The van der Waals surface area contributed by atoms with E-state index in [4.69, 9.17) is 16.0 Å². The predicted octanol–water partition coefficient (Wildman–Crippen LogP) is 3.39. The number of carbonyl (C=O) groups excluding carboxylic acids is 2. The highest BCUT2D eigenvalue weighted by Crippen LogP contribution is 2.38. The number of fused-ring (bicyclic) bond motifs is 1. The zero-order chi connectivity index (χ0) is 16.4. The number of benzene rings is 1. The number of halogens is 1. The van der Waals surface area contributed by atoms with Crippen LogP contribution in [0, 0.1) is 0 Å². The minimum Gasteiger partial charge on any atom is -0.467 e. The van der Waals surface area contributed by atoms with Crippen LogP contribution in [0.15, 0.2) is 45.9 Å². The lowest BCUT2D eigenvalue weighted by molar-refractivity contribution is -0.132. The van der Waals surface area contributed by atoms with Crippen LogP contribution in [0.3, 0.4) is 0 Å². The third-order valence-electron chi connectivity index (χ3n) is 3.52. The number of amides is 2. The molecule has 0 aliphatic carbocycles. The van der Waals surface area contributed by atoms with E-state index < -0.39 is 5.25 Å². The zero-order valence-electron chi connectivity index (χ0n) is 12.4. The molecule has 0 saturated heterocycles. The van der Waals surface area contributed by atoms with Crippen LogP contribution in [0.1, 0.15) is 12.2 Å². The van der Waals surface area contributed by atoms with Gasteiger partial charge in [0.1, 0.15) is 5.76 Å². The predicted molar refractivity (Wildman–Crippen MR) is 89.5 cm³/mol. The molecule has 2 amide bonds. The highest BCUT2D eigenvalue weighted by Gasteiger charge is 2.30. The van der Waals surface area contributed by atoms with Gasteiger partial charge in [0.2, 0.25) is 11.8 Å². The van der Waals surface area contributed by atoms with Crippen molar-refractivity contribution in [3.63, 3.8) is 0 Å². The third-order valence-corrected chi connectivity index (χ3v) is 5.03. The fourth-order valence-electron chi connectivity index (χ4n) is 2.30. The molecular formula is C16H15ClN2O3S. The van der Waals surface area contributed by atoms with E-state index in [9.17, 15) is 9.59 Å². The number of carbonyl (C=O) groups is 2. The molecule has 1 atom stereocenters. The second kappa shape index (κ2) is 6.68. The van der Waals surface area contributed by atoms with Crippen molar-refractivity contribution in [3.05, 3.63) is 47.4 Å². The molecular weight excluding hydrogens is 336 g/mol. The molecule has 0 fully saturated rings. The molecule has 2 heterocycles. The largest absolute Gasteiger partial charge is 0.467 e. The van der Waals surface area contributed by atoms with Crippen LogP contribution in [0.2, 0.25) is 5.02 Å². The molecule has 7 heteroatoms. The van der Waals surface area contributed by atoms with Gasteiger partial charge in [-0.25, -0.2) is 0 Å². The maximum Gasteiger partial charge on any atom is 0.238 e. The normalized spacial score (nSPS) is 16.6. The van der Waals surface area contributed by atoms with Crippen LogP contribution >= 0.6 is 23.4 Å². The smallest absolute Gasteiger partial charge is 0.238 e. The quantitative estimate of drug-likeness (QED) is 0.918. The van der Waals surface area contributed by atoms with Crippen LogP contribution < -0.4 is 5.32 Å². The molecule has 1 aromatic heterocycles. The summed E-state index contributed by atoms with van der Waals surface area (Å²) in [5.41, 5.74) is 0.695. The summed E-state index contributed by atoms with van der Waals surface area (Å²) < 4.78 is 5.23.